The van der Waals surface area contributed by atoms with Crippen molar-refractivity contribution in [1.82, 2.24) is 4.90 Å². The smallest absolute Gasteiger partial charge is 0.253 e. The predicted octanol–water partition coefficient (Wildman–Crippen LogP) is 2.66. The number of amides is 1. The second kappa shape index (κ2) is 4.78. The molecular weight excluding hydrogens is 214 g/mol. The van der Waals surface area contributed by atoms with Gasteiger partial charge in [-0.15, -0.1) is 0 Å². The molecule has 3 nitrogen and oxygen atoms in total. The normalized spacial score (nSPS) is 14.7. The van der Waals surface area contributed by atoms with Gasteiger partial charge in [-0.05, 0) is 30.0 Å². The van der Waals surface area contributed by atoms with E-state index in [1.165, 1.54) is 0 Å². The summed E-state index contributed by atoms with van der Waals surface area (Å²) < 4.78 is 5.36. The van der Waals surface area contributed by atoms with Crippen LogP contribution in [0.5, 0.6) is 5.75 Å². The molecule has 1 aromatic carbocycles. The summed E-state index contributed by atoms with van der Waals surface area (Å²) in [5.41, 5.74) is 1.87. The molecule has 92 valence electrons. The van der Waals surface area contributed by atoms with Crippen LogP contribution in [0.15, 0.2) is 18.2 Å². The Labute approximate surface area is 102 Å². The van der Waals surface area contributed by atoms with Crippen LogP contribution in [-0.4, -0.2) is 31.0 Å². The van der Waals surface area contributed by atoms with Gasteiger partial charge in [-0.3, -0.25) is 4.79 Å². The van der Waals surface area contributed by atoms with Crippen molar-refractivity contribution in [3.05, 3.63) is 29.3 Å². The van der Waals surface area contributed by atoms with E-state index < -0.39 is 0 Å². The highest BCUT2D eigenvalue weighted by molar-refractivity contribution is 5.95. The fourth-order valence-electron chi connectivity index (χ4n) is 2.02. The molecular formula is C14H19NO2. The molecule has 1 aromatic rings. The van der Waals surface area contributed by atoms with E-state index in [2.05, 4.69) is 13.8 Å². The first-order valence-electron chi connectivity index (χ1n) is 6.10. The third-order valence-electron chi connectivity index (χ3n) is 3.25. The van der Waals surface area contributed by atoms with E-state index >= 15 is 0 Å². The molecule has 3 heteroatoms. The molecule has 0 bridgehead atoms. The summed E-state index contributed by atoms with van der Waals surface area (Å²) in [7, 11) is 1.65. The molecule has 2 rings (SSSR count). The number of likely N-dealkylation sites (tertiary alicyclic amines) is 1. The lowest BCUT2D eigenvalue weighted by Gasteiger charge is -2.31. The van der Waals surface area contributed by atoms with Crippen LogP contribution in [0.25, 0.3) is 0 Å². The lowest BCUT2D eigenvalue weighted by molar-refractivity contribution is 0.0651. The van der Waals surface area contributed by atoms with Crippen LogP contribution in [0, 0.1) is 0 Å². The average Bonchev–Trinajstić information content (AvgIpc) is 2.25. The Morgan fingerprint density at radius 3 is 2.53 bits per heavy atom. The van der Waals surface area contributed by atoms with Gasteiger partial charge in [0.25, 0.3) is 5.91 Å². The summed E-state index contributed by atoms with van der Waals surface area (Å²) in [6.07, 6.45) is 1.12. The maximum absolute atomic E-state index is 12.0. The molecule has 0 N–H and O–H groups in total. The van der Waals surface area contributed by atoms with E-state index in [1.54, 1.807) is 7.11 Å². The predicted molar refractivity (Wildman–Crippen MR) is 67.6 cm³/mol. The molecule has 0 spiro atoms. The van der Waals surface area contributed by atoms with Crippen molar-refractivity contribution < 1.29 is 9.53 Å². The Kier molecular flexibility index (Phi) is 3.36. The first-order valence-corrected chi connectivity index (χ1v) is 6.10. The van der Waals surface area contributed by atoms with E-state index in [0.717, 1.165) is 36.4 Å². The molecule has 1 fully saturated rings. The second-order valence-corrected chi connectivity index (χ2v) is 4.76. The minimum Gasteiger partial charge on any atom is -0.496 e. The highest BCUT2D eigenvalue weighted by atomic mass is 16.5. The lowest BCUT2D eigenvalue weighted by atomic mass is 9.99. The van der Waals surface area contributed by atoms with E-state index in [4.69, 9.17) is 4.74 Å². The van der Waals surface area contributed by atoms with E-state index in [-0.39, 0.29) is 5.91 Å². The van der Waals surface area contributed by atoms with E-state index in [0.29, 0.717) is 5.92 Å². The number of hydrogen-bond donors (Lipinski definition) is 0. The summed E-state index contributed by atoms with van der Waals surface area (Å²) in [6.45, 7) is 6.00. The van der Waals surface area contributed by atoms with Crippen molar-refractivity contribution in [2.75, 3.05) is 20.2 Å². The van der Waals surface area contributed by atoms with Crippen molar-refractivity contribution in [2.45, 2.75) is 26.2 Å². The first kappa shape index (κ1) is 12.0. The maximum Gasteiger partial charge on any atom is 0.253 e. The average molecular weight is 233 g/mol. The number of carbonyl (C=O) groups excluding carboxylic acids is 1. The SMILES string of the molecule is COc1cc(C(=O)N2CCC2)ccc1C(C)C. The topological polar surface area (TPSA) is 29.5 Å². The van der Waals surface area contributed by atoms with Crippen molar-refractivity contribution >= 4 is 5.91 Å². The molecule has 0 radical (unpaired) electrons. The monoisotopic (exact) mass is 233 g/mol. The Hall–Kier alpha value is -1.51. The summed E-state index contributed by atoms with van der Waals surface area (Å²) in [4.78, 5) is 13.9. The molecule has 0 saturated carbocycles. The Morgan fingerprint density at radius 2 is 2.06 bits per heavy atom. The minimum atomic E-state index is 0.116. The highest BCUT2D eigenvalue weighted by Crippen LogP contribution is 2.28. The van der Waals surface area contributed by atoms with Crippen molar-refractivity contribution in [2.24, 2.45) is 0 Å². The number of carbonyl (C=O) groups is 1. The van der Waals surface area contributed by atoms with Crippen LogP contribution in [0.3, 0.4) is 0 Å². The third-order valence-corrected chi connectivity index (χ3v) is 3.25. The van der Waals surface area contributed by atoms with Gasteiger partial charge < -0.3 is 9.64 Å². The number of hydrogen-bond acceptors (Lipinski definition) is 2. The molecule has 0 atom stereocenters. The Balaban J connectivity index is 2.27. The lowest BCUT2D eigenvalue weighted by Crippen LogP contribution is -2.42. The van der Waals surface area contributed by atoms with Crippen LogP contribution in [0.4, 0.5) is 0 Å². The largest absolute Gasteiger partial charge is 0.496 e. The number of rotatable bonds is 3. The van der Waals surface area contributed by atoms with Crippen molar-refractivity contribution in [1.29, 1.82) is 0 Å². The minimum absolute atomic E-state index is 0.116. The number of methoxy groups -OCH3 is 1. The van der Waals surface area contributed by atoms with E-state index in [1.807, 2.05) is 23.1 Å². The van der Waals surface area contributed by atoms with Crippen molar-refractivity contribution in [3.63, 3.8) is 0 Å². The number of benzene rings is 1. The zero-order valence-electron chi connectivity index (χ0n) is 10.7. The van der Waals surface area contributed by atoms with Gasteiger partial charge >= 0.3 is 0 Å². The Morgan fingerprint density at radius 1 is 1.35 bits per heavy atom. The molecule has 1 heterocycles. The molecule has 0 aromatic heterocycles. The zero-order valence-corrected chi connectivity index (χ0v) is 10.7. The maximum atomic E-state index is 12.0. The van der Waals surface area contributed by atoms with Crippen molar-refractivity contribution in [3.8, 4) is 5.75 Å². The molecule has 0 unspecified atom stereocenters. The zero-order chi connectivity index (χ0) is 12.4. The van der Waals surface area contributed by atoms with Gasteiger partial charge in [0.2, 0.25) is 0 Å². The molecule has 1 aliphatic rings. The number of ether oxygens (including phenoxy) is 1. The van der Waals surface area contributed by atoms with Gasteiger partial charge in [0.1, 0.15) is 5.75 Å². The van der Waals surface area contributed by atoms with Gasteiger partial charge in [0, 0.05) is 18.7 Å². The van der Waals surface area contributed by atoms with Gasteiger partial charge in [0.15, 0.2) is 0 Å². The quantitative estimate of drug-likeness (QED) is 0.803. The molecule has 0 aliphatic carbocycles. The van der Waals surface area contributed by atoms with Crippen LogP contribution < -0.4 is 4.74 Å². The summed E-state index contributed by atoms with van der Waals surface area (Å²) in [5.74, 6) is 1.33. The highest BCUT2D eigenvalue weighted by Gasteiger charge is 2.22. The van der Waals surface area contributed by atoms with Crippen LogP contribution >= 0.6 is 0 Å². The summed E-state index contributed by atoms with van der Waals surface area (Å²) in [5, 5.41) is 0. The van der Waals surface area contributed by atoms with Crippen LogP contribution in [0.2, 0.25) is 0 Å². The Bertz CT molecular complexity index is 422. The fraction of sp³-hybridized carbons (Fsp3) is 0.500. The van der Waals surface area contributed by atoms with Crippen LogP contribution in [0.1, 0.15) is 42.1 Å². The summed E-state index contributed by atoms with van der Waals surface area (Å²) >= 11 is 0. The van der Waals surface area contributed by atoms with Gasteiger partial charge in [-0.1, -0.05) is 19.9 Å². The second-order valence-electron chi connectivity index (χ2n) is 4.76. The first-order chi connectivity index (χ1) is 8.13. The standard InChI is InChI=1S/C14H19NO2/c1-10(2)12-6-5-11(9-13(12)17-3)14(16)15-7-4-8-15/h5-6,9-10H,4,7-8H2,1-3H3. The number of nitrogens with zero attached hydrogens (tertiary/aromatic N) is 1. The molecule has 17 heavy (non-hydrogen) atoms. The van der Waals surface area contributed by atoms with Gasteiger partial charge in [-0.2, -0.15) is 0 Å². The fourth-order valence-corrected chi connectivity index (χ4v) is 2.02. The summed E-state index contributed by atoms with van der Waals surface area (Å²) in [6, 6.07) is 5.75. The van der Waals surface area contributed by atoms with Crippen LogP contribution in [-0.2, 0) is 0 Å². The van der Waals surface area contributed by atoms with Gasteiger partial charge in [0.05, 0.1) is 7.11 Å². The van der Waals surface area contributed by atoms with Gasteiger partial charge in [-0.25, -0.2) is 0 Å². The third kappa shape index (κ3) is 2.28. The molecule has 1 amide bonds. The molecule has 1 aliphatic heterocycles. The molecule has 1 saturated heterocycles. The van der Waals surface area contributed by atoms with E-state index in [9.17, 15) is 4.79 Å².